The smallest absolute Gasteiger partial charge is 0.255 e. The van der Waals surface area contributed by atoms with E-state index in [0.29, 0.717) is 6.54 Å². The van der Waals surface area contributed by atoms with Gasteiger partial charge in [-0.1, -0.05) is 11.6 Å². The summed E-state index contributed by atoms with van der Waals surface area (Å²) >= 11 is 0. The molecule has 0 fully saturated rings. The number of hydrogen-bond donors (Lipinski definition) is 1. The zero-order valence-corrected chi connectivity index (χ0v) is 9.58. The van der Waals surface area contributed by atoms with E-state index in [2.05, 4.69) is 16.4 Å². The van der Waals surface area contributed by atoms with E-state index in [1.807, 2.05) is 0 Å². The van der Waals surface area contributed by atoms with Crippen LogP contribution in [0.5, 0.6) is 0 Å². The zero-order valence-electron chi connectivity index (χ0n) is 9.58. The van der Waals surface area contributed by atoms with Crippen LogP contribution < -0.4 is 5.32 Å². The van der Waals surface area contributed by atoms with Crippen LogP contribution in [0, 0.1) is 5.95 Å². The second-order valence-corrected chi connectivity index (χ2v) is 4.10. The summed E-state index contributed by atoms with van der Waals surface area (Å²) in [5.41, 5.74) is 1.39. The minimum atomic E-state index is -0.718. The third kappa shape index (κ3) is 3.12. The van der Waals surface area contributed by atoms with Crippen LogP contribution >= 0.6 is 0 Å². The predicted octanol–water partition coefficient (Wildman–Crippen LogP) is 2.45. The maximum atomic E-state index is 13.2. The molecule has 1 aromatic heterocycles. The maximum Gasteiger partial charge on any atom is 0.255 e. The lowest BCUT2D eigenvalue weighted by molar-refractivity contribution is 0.0949. The van der Waals surface area contributed by atoms with Gasteiger partial charge >= 0.3 is 0 Å². The van der Waals surface area contributed by atoms with Crippen LogP contribution in [0.15, 0.2) is 30.0 Å². The summed E-state index contributed by atoms with van der Waals surface area (Å²) in [4.78, 5) is 15.1. The summed E-state index contributed by atoms with van der Waals surface area (Å²) in [7, 11) is 0. The van der Waals surface area contributed by atoms with Gasteiger partial charge in [-0.25, -0.2) is 4.98 Å². The molecule has 1 aliphatic rings. The molecule has 3 nitrogen and oxygen atoms in total. The summed E-state index contributed by atoms with van der Waals surface area (Å²) in [6.07, 6.45) is 7.87. The van der Waals surface area contributed by atoms with Crippen LogP contribution in [0.1, 0.15) is 36.0 Å². The van der Waals surface area contributed by atoms with Crippen molar-refractivity contribution in [2.45, 2.75) is 25.7 Å². The lowest BCUT2D eigenvalue weighted by Crippen LogP contribution is -2.25. The lowest BCUT2D eigenvalue weighted by Gasteiger charge is -2.06. The molecule has 1 heterocycles. The first-order valence-electron chi connectivity index (χ1n) is 5.84. The Morgan fingerprint density at radius 1 is 1.53 bits per heavy atom. The van der Waals surface area contributed by atoms with E-state index < -0.39 is 11.9 Å². The van der Waals surface area contributed by atoms with Gasteiger partial charge in [0.1, 0.15) is 0 Å². The molecule has 1 amide bonds. The van der Waals surface area contributed by atoms with Gasteiger partial charge in [0.05, 0.1) is 5.56 Å². The highest BCUT2D eigenvalue weighted by Gasteiger charge is 2.11. The number of amides is 1. The average Bonchev–Trinajstić information content (AvgIpc) is 2.82. The van der Waals surface area contributed by atoms with Crippen molar-refractivity contribution in [3.8, 4) is 0 Å². The van der Waals surface area contributed by atoms with Crippen molar-refractivity contribution in [1.29, 1.82) is 0 Å². The number of carbonyl (C=O) groups is 1. The molecule has 0 saturated carbocycles. The molecule has 1 aromatic rings. The number of rotatable bonds is 4. The summed E-state index contributed by atoms with van der Waals surface area (Å²) in [5, 5.41) is 2.71. The van der Waals surface area contributed by atoms with Crippen LogP contribution in [0.25, 0.3) is 0 Å². The Labute approximate surface area is 99.8 Å². The van der Waals surface area contributed by atoms with Crippen molar-refractivity contribution >= 4 is 5.91 Å². The Morgan fingerprint density at radius 2 is 2.41 bits per heavy atom. The first-order chi connectivity index (χ1) is 8.27. The van der Waals surface area contributed by atoms with Gasteiger partial charge in [-0.2, -0.15) is 4.39 Å². The average molecular weight is 234 g/mol. The first-order valence-corrected chi connectivity index (χ1v) is 5.84. The normalized spacial score (nSPS) is 14.5. The standard InChI is InChI=1S/C13H15FN2O/c14-12-11(6-3-8-15-12)13(17)16-9-7-10-4-1-2-5-10/h3-4,6,8H,1-2,5,7,9H2,(H,16,17). The molecule has 17 heavy (non-hydrogen) atoms. The third-order valence-electron chi connectivity index (χ3n) is 2.87. The Bertz CT molecular complexity index is 443. The number of pyridine rings is 1. The maximum absolute atomic E-state index is 13.2. The zero-order chi connectivity index (χ0) is 12.1. The van der Waals surface area contributed by atoms with Gasteiger partial charge in [-0.3, -0.25) is 4.79 Å². The molecular formula is C13H15FN2O. The van der Waals surface area contributed by atoms with Crippen LogP contribution in [0.3, 0.4) is 0 Å². The highest BCUT2D eigenvalue weighted by molar-refractivity contribution is 5.94. The van der Waals surface area contributed by atoms with E-state index in [1.54, 1.807) is 6.07 Å². The van der Waals surface area contributed by atoms with Gasteiger partial charge in [0, 0.05) is 12.7 Å². The highest BCUT2D eigenvalue weighted by Crippen LogP contribution is 2.19. The Balaban J connectivity index is 1.83. The second-order valence-electron chi connectivity index (χ2n) is 4.10. The lowest BCUT2D eigenvalue weighted by atomic mass is 10.1. The third-order valence-corrected chi connectivity index (χ3v) is 2.87. The Kier molecular flexibility index (Phi) is 3.85. The topological polar surface area (TPSA) is 42.0 Å². The van der Waals surface area contributed by atoms with E-state index >= 15 is 0 Å². The minimum absolute atomic E-state index is 0.00732. The first kappa shape index (κ1) is 11.8. The fourth-order valence-corrected chi connectivity index (χ4v) is 1.95. The number of allylic oxidation sites excluding steroid dienone is 1. The molecule has 90 valence electrons. The van der Waals surface area contributed by atoms with Gasteiger partial charge in [0.25, 0.3) is 5.91 Å². The van der Waals surface area contributed by atoms with Gasteiger partial charge in [0.15, 0.2) is 0 Å². The van der Waals surface area contributed by atoms with Crippen molar-refractivity contribution in [3.05, 3.63) is 41.5 Å². The number of hydrogen-bond acceptors (Lipinski definition) is 2. The van der Waals surface area contributed by atoms with Crippen LogP contribution in [0.4, 0.5) is 4.39 Å². The molecule has 0 aliphatic heterocycles. The van der Waals surface area contributed by atoms with Crippen molar-refractivity contribution in [2.24, 2.45) is 0 Å². The quantitative estimate of drug-likeness (QED) is 0.642. The van der Waals surface area contributed by atoms with Gasteiger partial charge in [-0.15, -0.1) is 0 Å². The Hall–Kier alpha value is -1.71. The van der Waals surface area contributed by atoms with Crippen molar-refractivity contribution in [1.82, 2.24) is 10.3 Å². The Morgan fingerprint density at radius 3 is 3.12 bits per heavy atom. The molecule has 0 saturated heterocycles. The van der Waals surface area contributed by atoms with E-state index in [-0.39, 0.29) is 5.56 Å². The van der Waals surface area contributed by atoms with Gasteiger partial charge in [-0.05, 0) is 37.8 Å². The molecule has 0 atom stereocenters. The molecule has 0 aromatic carbocycles. The van der Waals surface area contributed by atoms with Crippen molar-refractivity contribution in [2.75, 3.05) is 6.54 Å². The molecule has 1 aliphatic carbocycles. The van der Waals surface area contributed by atoms with E-state index in [4.69, 9.17) is 0 Å². The number of nitrogens with one attached hydrogen (secondary N) is 1. The molecule has 4 heteroatoms. The number of carbonyl (C=O) groups excluding carboxylic acids is 1. The summed E-state index contributed by atoms with van der Waals surface area (Å²) in [6.45, 7) is 0.555. The molecule has 1 N–H and O–H groups in total. The number of aromatic nitrogens is 1. The van der Waals surface area contributed by atoms with Crippen LogP contribution in [-0.4, -0.2) is 17.4 Å². The van der Waals surface area contributed by atoms with Gasteiger partial charge in [0.2, 0.25) is 5.95 Å². The predicted molar refractivity (Wildman–Crippen MR) is 63.1 cm³/mol. The van der Waals surface area contributed by atoms with E-state index in [0.717, 1.165) is 19.3 Å². The van der Waals surface area contributed by atoms with Gasteiger partial charge < -0.3 is 5.32 Å². The van der Waals surface area contributed by atoms with Crippen molar-refractivity contribution in [3.63, 3.8) is 0 Å². The molecule has 0 radical (unpaired) electrons. The summed E-state index contributed by atoms with van der Waals surface area (Å²) in [6, 6.07) is 2.99. The molecule has 0 unspecified atom stereocenters. The highest BCUT2D eigenvalue weighted by atomic mass is 19.1. The fourth-order valence-electron chi connectivity index (χ4n) is 1.95. The van der Waals surface area contributed by atoms with Crippen molar-refractivity contribution < 1.29 is 9.18 Å². The van der Waals surface area contributed by atoms with Crippen LogP contribution in [0.2, 0.25) is 0 Å². The fraction of sp³-hybridized carbons (Fsp3) is 0.385. The summed E-state index contributed by atoms with van der Waals surface area (Å²) < 4.78 is 13.2. The number of nitrogens with zero attached hydrogens (tertiary/aromatic N) is 1. The minimum Gasteiger partial charge on any atom is -0.352 e. The molecule has 0 spiro atoms. The molecule has 0 bridgehead atoms. The molecule has 2 rings (SSSR count). The van der Waals surface area contributed by atoms with E-state index in [1.165, 1.54) is 24.3 Å². The second kappa shape index (κ2) is 5.57. The number of halogens is 1. The van der Waals surface area contributed by atoms with Crippen LogP contribution in [-0.2, 0) is 0 Å². The monoisotopic (exact) mass is 234 g/mol. The largest absolute Gasteiger partial charge is 0.352 e. The SMILES string of the molecule is O=C(NCCC1=CCCC1)c1cccnc1F. The molecular weight excluding hydrogens is 219 g/mol. The summed E-state index contributed by atoms with van der Waals surface area (Å²) in [5.74, 6) is -1.11. The van der Waals surface area contributed by atoms with E-state index in [9.17, 15) is 9.18 Å².